The average Bonchev–Trinajstić information content (AvgIpc) is 3.30. The maximum Gasteiger partial charge on any atom is 0.266 e. The van der Waals surface area contributed by atoms with Crippen molar-refractivity contribution in [2.24, 2.45) is 4.99 Å². The number of carboxylic acid groups (broad SMARTS) is 1. The molecule has 4 rings (SSSR count). The van der Waals surface area contributed by atoms with Gasteiger partial charge in [0.05, 0.1) is 16.6 Å². The topological polar surface area (TPSA) is 85.9 Å². The first-order chi connectivity index (χ1) is 14.4. The molecule has 30 heavy (non-hydrogen) atoms. The van der Waals surface area contributed by atoms with Crippen molar-refractivity contribution in [2.45, 2.75) is 0 Å². The van der Waals surface area contributed by atoms with E-state index in [-0.39, 0.29) is 11.5 Å². The van der Waals surface area contributed by atoms with Gasteiger partial charge in [0, 0.05) is 23.2 Å². The van der Waals surface area contributed by atoms with E-state index in [1.807, 2.05) is 36.4 Å². The molecule has 1 aliphatic heterocycles. The summed E-state index contributed by atoms with van der Waals surface area (Å²) in [4.78, 5) is 29.8. The lowest BCUT2D eigenvalue weighted by atomic mass is 10.2. The van der Waals surface area contributed by atoms with Gasteiger partial charge in [0.25, 0.3) is 5.91 Å². The van der Waals surface area contributed by atoms with Crippen LogP contribution in [0.1, 0.15) is 16.1 Å². The Morgan fingerprint density at radius 1 is 1.10 bits per heavy atom. The number of likely N-dealkylation sites (N-methyl/N-ethyl adjacent to an activating group) is 1. The van der Waals surface area contributed by atoms with Gasteiger partial charge in [0.15, 0.2) is 5.17 Å². The Balaban J connectivity index is 1.55. The van der Waals surface area contributed by atoms with Gasteiger partial charge in [0.2, 0.25) is 0 Å². The minimum absolute atomic E-state index is 0.0717. The summed E-state index contributed by atoms with van der Waals surface area (Å²) in [7, 11) is 1.64. The number of aliphatic imine (C=N–C) groups is 1. The first kappa shape index (κ1) is 20.2. The molecule has 1 saturated heterocycles. The number of amides is 1. The van der Waals surface area contributed by atoms with Gasteiger partial charge in [-0.25, -0.2) is 4.99 Å². The summed E-state index contributed by atoms with van der Waals surface area (Å²) in [6.45, 7) is 0. The van der Waals surface area contributed by atoms with E-state index in [0.717, 1.165) is 10.0 Å². The Morgan fingerprint density at radius 2 is 1.80 bits per heavy atom. The van der Waals surface area contributed by atoms with Crippen LogP contribution >= 0.6 is 27.7 Å². The molecule has 1 aliphatic rings. The molecule has 0 bridgehead atoms. The van der Waals surface area contributed by atoms with Crippen LogP contribution < -0.4 is 5.11 Å². The van der Waals surface area contributed by atoms with Crippen molar-refractivity contribution >= 4 is 56.5 Å². The molecule has 3 aromatic rings. The lowest BCUT2D eigenvalue weighted by Gasteiger charge is -2.07. The van der Waals surface area contributed by atoms with Crippen molar-refractivity contribution in [3.05, 3.63) is 81.4 Å². The molecule has 0 radical (unpaired) electrons. The number of halogens is 1. The van der Waals surface area contributed by atoms with Gasteiger partial charge in [-0.2, -0.15) is 0 Å². The largest absolute Gasteiger partial charge is 0.545 e. The van der Waals surface area contributed by atoms with Crippen molar-refractivity contribution in [3.63, 3.8) is 0 Å². The molecule has 8 heteroatoms. The van der Waals surface area contributed by atoms with Crippen LogP contribution in [0.25, 0.3) is 17.4 Å². The molecule has 0 saturated carbocycles. The Bertz CT molecular complexity index is 1180. The molecule has 150 valence electrons. The number of carbonyl (C=O) groups is 2. The maximum absolute atomic E-state index is 12.6. The number of furan rings is 1. The van der Waals surface area contributed by atoms with E-state index in [9.17, 15) is 14.7 Å². The lowest BCUT2D eigenvalue weighted by Crippen LogP contribution is -2.23. The highest BCUT2D eigenvalue weighted by molar-refractivity contribution is 9.10. The van der Waals surface area contributed by atoms with Crippen LogP contribution in [0.4, 0.5) is 5.69 Å². The minimum Gasteiger partial charge on any atom is -0.545 e. The van der Waals surface area contributed by atoms with Crippen molar-refractivity contribution in [1.82, 2.24) is 4.90 Å². The third kappa shape index (κ3) is 4.24. The van der Waals surface area contributed by atoms with E-state index in [1.54, 1.807) is 25.3 Å². The molecule has 0 aliphatic carbocycles. The van der Waals surface area contributed by atoms with Crippen molar-refractivity contribution in [1.29, 1.82) is 0 Å². The Hall–Kier alpha value is -3.10. The summed E-state index contributed by atoms with van der Waals surface area (Å²) in [5.74, 6) is -0.161. The van der Waals surface area contributed by atoms with E-state index >= 15 is 0 Å². The first-order valence-electron chi connectivity index (χ1n) is 8.84. The van der Waals surface area contributed by atoms with Crippen LogP contribution in [0.2, 0.25) is 0 Å². The third-order valence-electron chi connectivity index (χ3n) is 4.36. The summed E-state index contributed by atoms with van der Waals surface area (Å²) in [6, 6.07) is 17.4. The highest BCUT2D eigenvalue weighted by atomic mass is 79.9. The highest BCUT2D eigenvalue weighted by Crippen LogP contribution is 2.34. The second kappa shape index (κ2) is 8.33. The Labute approximate surface area is 185 Å². The second-order valence-corrected chi connectivity index (χ2v) is 8.34. The molecular formula is C22H14BrN2O4S-. The van der Waals surface area contributed by atoms with Crippen LogP contribution in [0.15, 0.2) is 79.5 Å². The number of carboxylic acids is 1. The van der Waals surface area contributed by atoms with Crippen LogP contribution in [-0.2, 0) is 4.79 Å². The molecule has 1 amide bonds. The number of hydrogen-bond donors (Lipinski definition) is 0. The molecule has 0 N–H and O–H groups in total. The van der Waals surface area contributed by atoms with Crippen molar-refractivity contribution in [2.75, 3.05) is 7.05 Å². The van der Waals surface area contributed by atoms with Gasteiger partial charge in [-0.05, 0) is 53.7 Å². The van der Waals surface area contributed by atoms with Gasteiger partial charge < -0.3 is 14.3 Å². The van der Waals surface area contributed by atoms with Crippen LogP contribution in [-0.4, -0.2) is 29.0 Å². The SMILES string of the molecule is CN1C(=O)/C(=C/c2ccc(-c3ccc(Br)cc3)o2)SC1=Nc1ccc(C(=O)[O-])cc1. The van der Waals surface area contributed by atoms with Gasteiger partial charge in [-0.1, -0.05) is 40.2 Å². The normalized spacial score (nSPS) is 16.6. The maximum atomic E-state index is 12.6. The number of thioether (sulfide) groups is 1. The van der Waals surface area contributed by atoms with Crippen molar-refractivity contribution in [3.8, 4) is 11.3 Å². The van der Waals surface area contributed by atoms with E-state index in [2.05, 4.69) is 20.9 Å². The molecule has 0 spiro atoms. The van der Waals surface area contributed by atoms with Crippen LogP contribution in [0.5, 0.6) is 0 Å². The monoisotopic (exact) mass is 481 g/mol. The fourth-order valence-electron chi connectivity index (χ4n) is 2.76. The number of rotatable bonds is 4. The second-order valence-electron chi connectivity index (χ2n) is 6.41. The number of nitrogens with zero attached hydrogens (tertiary/aromatic N) is 2. The fourth-order valence-corrected chi connectivity index (χ4v) is 3.99. The number of benzene rings is 2. The van der Waals surface area contributed by atoms with Crippen molar-refractivity contribution < 1.29 is 19.1 Å². The van der Waals surface area contributed by atoms with Gasteiger partial charge in [-0.3, -0.25) is 9.69 Å². The minimum atomic E-state index is -1.25. The molecule has 0 unspecified atom stereocenters. The smallest absolute Gasteiger partial charge is 0.266 e. The van der Waals surface area contributed by atoms with Crippen LogP contribution in [0, 0.1) is 0 Å². The third-order valence-corrected chi connectivity index (χ3v) is 5.95. The Morgan fingerprint density at radius 3 is 2.47 bits per heavy atom. The molecule has 2 heterocycles. The summed E-state index contributed by atoms with van der Waals surface area (Å²) < 4.78 is 6.85. The van der Waals surface area contributed by atoms with Gasteiger partial charge in [-0.15, -0.1) is 0 Å². The van der Waals surface area contributed by atoms with Gasteiger partial charge in [0.1, 0.15) is 11.5 Å². The first-order valence-corrected chi connectivity index (χ1v) is 10.4. The zero-order valence-corrected chi connectivity index (χ0v) is 18.1. The predicted molar refractivity (Wildman–Crippen MR) is 118 cm³/mol. The highest BCUT2D eigenvalue weighted by Gasteiger charge is 2.30. The zero-order chi connectivity index (χ0) is 21.3. The number of amidine groups is 1. The molecule has 6 nitrogen and oxygen atoms in total. The molecule has 1 aromatic heterocycles. The Kier molecular flexibility index (Phi) is 5.61. The fraction of sp³-hybridized carbons (Fsp3) is 0.0455. The molecular weight excluding hydrogens is 468 g/mol. The summed E-state index contributed by atoms with van der Waals surface area (Å²) in [6.07, 6.45) is 1.69. The standard InChI is InChI=1S/C22H15BrN2O4S/c1-25-20(26)19(30-22(25)24-16-8-4-14(5-9-16)21(27)28)12-17-10-11-18(29-17)13-2-6-15(23)7-3-13/h2-12H,1H3,(H,27,28)/p-1/b19-12-,24-22?. The molecule has 0 atom stereocenters. The number of aromatic carboxylic acids is 1. The predicted octanol–water partition coefficient (Wildman–Crippen LogP) is 4.31. The number of carbonyl (C=O) groups excluding carboxylic acids is 2. The van der Waals surface area contributed by atoms with E-state index in [4.69, 9.17) is 4.42 Å². The quantitative estimate of drug-likeness (QED) is 0.518. The molecule has 2 aromatic carbocycles. The van der Waals surface area contributed by atoms with E-state index in [1.165, 1.54) is 28.8 Å². The number of hydrogen-bond acceptors (Lipinski definition) is 6. The van der Waals surface area contributed by atoms with Gasteiger partial charge >= 0.3 is 0 Å². The summed E-state index contributed by atoms with van der Waals surface area (Å²) in [5, 5.41) is 11.3. The zero-order valence-electron chi connectivity index (χ0n) is 15.7. The summed E-state index contributed by atoms with van der Waals surface area (Å²) in [5.41, 5.74) is 1.55. The lowest BCUT2D eigenvalue weighted by molar-refractivity contribution is -0.255. The molecule has 1 fully saturated rings. The summed E-state index contributed by atoms with van der Waals surface area (Å²) >= 11 is 4.63. The average molecular weight is 482 g/mol. The van der Waals surface area contributed by atoms with E-state index in [0.29, 0.717) is 27.3 Å². The van der Waals surface area contributed by atoms with E-state index < -0.39 is 5.97 Å². The van der Waals surface area contributed by atoms with Crippen LogP contribution in [0.3, 0.4) is 0 Å².